The molecule has 0 saturated carbocycles. The van der Waals surface area contributed by atoms with Crippen molar-refractivity contribution in [1.82, 2.24) is 16.0 Å². The summed E-state index contributed by atoms with van der Waals surface area (Å²) >= 11 is 5.80. The fourth-order valence-corrected chi connectivity index (χ4v) is 7.94. The monoisotopic (exact) mass is 1220 g/mol. The first-order chi connectivity index (χ1) is 40.5. The van der Waals surface area contributed by atoms with Crippen LogP contribution in [0, 0.1) is 25.5 Å². The smallest absolute Gasteiger partial charge is 0.416 e. The Morgan fingerprint density at radius 1 is 0.430 bits per heavy atom. The highest BCUT2D eigenvalue weighted by atomic mass is 35.5. The number of aryl methyl sites for hydroxylation is 2. The number of alkyl halides is 9. The Morgan fingerprint density at radius 3 is 1.19 bits per heavy atom. The van der Waals surface area contributed by atoms with Crippen molar-refractivity contribution < 1.29 is 91.3 Å². The number of ether oxygens (including phenoxy) is 3. The Hall–Kier alpha value is -9.90. The average Bonchev–Trinajstić information content (AvgIpc) is 1.22. The molecule has 3 amide bonds. The van der Waals surface area contributed by atoms with Gasteiger partial charge in [0.1, 0.15) is 46.1 Å². The molecule has 0 atom stereocenters. The molecule has 0 heterocycles. The lowest BCUT2D eigenvalue weighted by Gasteiger charge is -2.16. The summed E-state index contributed by atoms with van der Waals surface area (Å²) in [5.41, 5.74) is -2.67. The third-order valence-corrected chi connectivity index (χ3v) is 12.1. The number of allylic oxidation sites excluding steroid dienone is 9. The summed E-state index contributed by atoms with van der Waals surface area (Å²) in [7, 11) is 0. The molecule has 6 aromatic rings. The molecule has 0 radical (unpaired) electrons. The highest BCUT2D eigenvalue weighted by molar-refractivity contribution is 6.30. The molecule has 3 aliphatic carbocycles. The predicted octanol–water partition coefficient (Wildman–Crippen LogP) is 15.5. The fourth-order valence-electron chi connectivity index (χ4n) is 7.82. The number of hydrogen-bond acceptors (Lipinski definition) is 9. The number of benzene rings is 6. The highest BCUT2D eigenvalue weighted by Crippen LogP contribution is 2.38. The Bertz CT molecular complexity index is 3820. The van der Waals surface area contributed by atoms with E-state index in [0.717, 1.165) is 48.5 Å². The topological polar surface area (TPSA) is 166 Å². The van der Waals surface area contributed by atoms with Gasteiger partial charge in [0.25, 0.3) is 17.7 Å². The van der Waals surface area contributed by atoms with Crippen molar-refractivity contribution in [1.29, 1.82) is 0 Å². The van der Waals surface area contributed by atoms with Gasteiger partial charge >= 0.3 is 18.5 Å². The number of ketones is 3. The molecule has 6 aromatic carbocycles. The minimum absolute atomic E-state index is 0.0308. The van der Waals surface area contributed by atoms with Crippen LogP contribution in [0.4, 0.5) is 48.3 Å². The van der Waals surface area contributed by atoms with E-state index < -0.39 is 75.7 Å². The second-order valence-corrected chi connectivity index (χ2v) is 19.1. The molecule has 0 aromatic heterocycles. The Balaban J connectivity index is 0.000000185. The lowest BCUT2D eigenvalue weighted by Crippen LogP contribution is -2.24. The van der Waals surface area contributed by atoms with Crippen LogP contribution in [0.25, 0.3) is 0 Å². The van der Waals surface area contributed by atoms with Crippen molar-refractivity contribution >= 4 is 46.7 Å². The van der Waals surface area contributed by atoms with Crippen LogP contribution in [-0.4, -0.2) is 35.1 Å². The van der Waals surface area contributed by atoms with Crippen LogP contribution in [0.3, 0.4) is 0 Å². The number of carbonyl (C=O) groups is 6. The van der Waals surface area contributed by atoms with E-state index in [9.17, 15) is 77.1 Å². The number of nitrogens with one attached hydrogen (secondary N) is 3. The number of carbonyl (C=O) groups excluding carboxylic acids is 6. The molecular weight excluding hydrogens is 1180 g/mol. The first kappa shape index (κ1) is 63.7. The summed E-state index contributed by atoms with van der Waals surface area (Å²) in [6.07, 6.45) is -0.792. The summed E-state index contributed by atoms with van der Waals surface area (Å²) in [4.78, 5) is 72.2. The quantitative estimate of drug-likeness (QED) is 0.101. The minimum Gasteiger partial charge on any atom is -0.457 e. The van der Waals surface area contributed by atoms with Gasteiger partial charge in [0.05, 0.1) is 33.4 Å². The molecular formula is C62H43ClF11N3O9. The standard InChI is InChI=1S/2C21H15F4NO3.C20H13ClF3NO3/c1-12-5-7-14(22)10-19(12)29-18-8-6-13(21(23,24)25)9-17(18)20(28)26-15-3-2-4-16(27)11-15;1-12-7-14(22)10-17(8-12)29-19-6-5-13(21(23,24)25)9-18(19)20(28)26-15-3-2-4-16(27)11-15;21-13-5-7-16(8-6-13)28-18-9-4-12(20(22,23)24)10-17(18)19(27)25-14-2-1-3-15(26)11-14/h2*2-3,5-11H,4H2,1H3,(H,26,28);1-2,4-11H,3H2,(H,25,27). The Labute approximate surface area is 486 Å². The lowest BCUT2D eigenvalue weighted by molar-refractivity contribution is -0.138. The molecule has 0 fully saturated rings. The van der Waals surface area contributed by atoms with Gasteiger partial charge in [0.2, 0.25) is 0 Å². The first-order valence-electron chi connectivity index (χ1n) is 25.1. The number of halogens is 12. The summed E-state index contributed by atoms with van der Waals surface area (Å²) in [5, 5.41) is 7.66. The molecule has 0 aliphatic heterocycles. The molecule has 0 spiro atoms. The van der Waals surface area contributed by atoms with E-state index in [1.54, 1.807) is 32.1 Å². The van der Waals surface area contributed by atoms with Gasteiger partial charge in [-0.15, -0.1) is 0 Å². The predicted molar refractivity (Wildman–Crippen MR) is 291 cm³/mol. The van der Waals surface area contributed by atoms with Gasteiger partial charge in [-0.2, -0.15) is 39.5 Å². The summed E-state index contributed by atoms with van der Waals surface area (Å²) < 4.78 is 162. The second-order valence-electron chi connectivity index (χ2n) is 18.6. The molecule has 444 valence electrons. The van der Waals surface area contributed by atoms with E-state index in [1.807, 2.05) is 0 Å². The van der Waals surface area contributed by atoms with E-state index >= 15 is 0 Å². The highest BCUT2D eigenvalue weighted by Gasteiger charge is 2.35. The second kappa shape index (κ2) is 27.2. The Kier molecular flexibility index (Phi) is 20.1. The van der Waals surface area contributed by atoms with Crippen LogP contribution < -0.4 is 30.2 Å². The van der Waals surface area contributed by atoms with Crippen molar-refractivity contribution in [3.63, 3.8) is 0 Å². The molecule has 86 heavy (non-hydrogen) atoms. The van der Waals surface area contributed by atoms with E-state index in [4.69, 9.17) is 25.8 Å². The molecule has 9 rings (SSSR count). The normalized spacial score (nSPS) is 13.8. The van der Waals surface area contributed by atoms with Crippen LogP contribution in [-0.2, 0) is 32.9 Å². The fraction of sp³-hybridized carbons (Fsp3) is 0.129. The van der Waals surface area contributed by atoms with Crippen molar-refractivity contribution in [3.05, 3.63) is 248 Å². The maximum absolute atomic E-state index is 13.6. The zero-order valence-corrected chi connectivity index (χ0v) is 45.3. The minimum atomic E-state index is -4.68. The van der Waals surface area contributed by atoms with Gasteiger partial charge in [0, 0.05) is 71.7 Å². The van der Waals surface area contributed by atoms with Gasteiger partial charge in [-0.05, 0) is 140 Å². The van der Waals surface area contributed by atoms with Gasteiger partial charge in [-0.1, -0.05) is 35.9 Å². The van der Waals surface area contributed by atoms with Crippen LogP contribution >= 0.6 is 11.6 Å². The maximum atomic E-state index is 13.6. The largest absolute Gasteiger partial charge is 0.457 e. The molecule has 3 aliphatic rings. The van der Waals surface area contributed by atoms with Crippen LogP contribution in [0.2, 0.25) is 5.02 Å². The van der Waals surface area contributed by atoms with Crippen molar-refractivity contribution in [3.8, 4) is 34.5 Å². The Morgan fingerprint density at radius 2 is 0.814 bits per heavy atom. The van der Waals surface area contributed by atoms with Crippen LogP contribution in [0.5, 0.6) is 34.5 Å². The number of rotatable bonds is 12. The van der Waals surface area contributed by atoms with Gasteiger partial charge in [0.15, 0.2) is 17.3 Å². The summed E-state index contributed by atoms with van der Waals surface area (Å²) in [6.45, 7) is 3.25. The van der Waals surface area contributed by atoms with E-state index in [0.29, 0.717) is 40.1 Å². The lowest BCUT2D eigenvalue weighted by atomic mass is 10.1. The number of hydrogen-bond donors (Lipinski definition) is 3. The molecule has 24 heteroatoms. The average molecular weight is 1220 g/mol. The van der Waals surface area contributed by atoms with Crippen molar-refractivity contribution in [2.75, 3.05) is 0 Å². The molecule has 3 N–H and O–H groups in total. The third-order valence-electron chi connectivity index (χ3n) is 11.9. The van der Waals surface area contributed by atoms with Gasteiger partial charge < -0.3 is 30.2 Å². The third kappa shape index (κ3) is 18.1. The first-order valence-corrected chi connectivity index (χ1v) is 25.5. The number of amides is 3. The summed E-state index contributed by atoms with van der Waals surface area (Å²) in [5.74, 6) is -4.59. The molecule has 0 bridgehead atoms. The van der Waals surface area contributed by atoms with Gasteiger partial charge in [-0.25, -0.2) is 8.78 Å². The van der Waals surface area contributed by atoms with E-state index in [-0.39, 0.29) is 88.0 Å². The van der Waals surface area contributed by atoms with Crippen molar-refractivity contribution in [2.24, 2.45) is 0 Å². The SMILES string of the molecule is Cc1cc(F)cc(Oc2ccc(C(F)(F)F)cc2C(=O)NC2=CC(=O)CC=C2)c1.Cc1ccc(F)cc1Oc1ccc(C(F)(F)F)cc1C(=O)NC1=CC(=O)CC=C1.O=C1C=C(NC(=O)c2cc(C(F)(F)F)ccc2Oc2ccc(Cl)cc2)C=CC1. The maximum Gasteiger partial charge on any atom is 0.416 e. The van der Waals surface area contributed by atoms with E-state index in [2.05, 4.69) is 16.0 Å². The van der Waals surface area contributed by atoms with Crippen molar-refractivity contribution in [2.45, 2.75) is 51.6 Å². The zero-order chi connectivity index (χ0) is 62.7. The zero-order valence-electron chi connectivity index (χ0n) is 44.5. The van der Waals surface area contributed by atoms with Crippen LogP contribution in [0.1, 0.15) is 78.2 Å². The molecule has 0 saturated heterocycles. The van der Waals surface area contributed by atoms with Crippen LogP contribution in [0.15, 0.2) is 187 Å². The molecule has 12 nitrogen and oxygen atoms in total. The van der Waals surface area contributed by atoms with Gasteiger partial charge in [-0.3, -0.25) is 28.8 Å². The van der Waals surface area contributed by atoms with E-state index in [1.165, 1.54) is 85.0 Å². The molecule has 0 unspecified atom stereocenters. The summed E-state index contributed by atoms with van der Waals surface area (Å²) in [6, 6.07) is 21.1.